The highest BCUT2D eigenvalue weighted by Gasteiger charge is 2.32. The maximum atomic E-state index is 13.2. The fourth-order valence-corrected chi connectivity index (χ4v) is 5.91. The second-order valence-corrected chi connectivity index (χ2v) is 10.6. The van der Waals surface area contributed by atoms with Gasteiger partial charge in [-0.15, -0.1) is 11.3 Å². The van der Waals surface area contributed by atoms with Crippen molar-refractivity contribution < 1.29 is 13.2 Å². The number of thiazole rings is 1. The molecule has 172 valence electrons. The maximum absolute atomic E-state index is 13.2. The Labute approximate surface area is 198 Å². The van der Waals surface area contributed by atoms with Crippen molar-refractivity contribution in [3.05, 3.63) is 71.6 Å². The van der Waals surface area contributed by atoms with E-state index in [1.807, 2.05) is 67.8 Å². The van der Waals surface area contributed by atoms with Crippen molar-refractivity contribution >= 4 is 38.8 Å². The molecule has 2 heterocycles. The van der Waals surface area contributed by atoms with Crippen molar-refractivity contribution in [3.63, 3.8) is 0 Å². The number of morpholine rings is 1. The van der Waals surface area contributed by atoms with Crippen molar-refractivity contribution in [3.8, 4) is 11.3 Å². The fourth-order valence-electron chi connectivity index (χ4n) is 3.60. The first-order chi connectivity index (χ1) is 15.9. The zero-order valence-corrected chi connectivity index (χ0v) is 20.1. The Kier molecular flexibility index (Phi) is 7.34. The first-order valence-electron chi connectivity index (χ1n) is 10.6. The van der Waals surface area contributed by atoms with Crippen molar-refractivity contribution in [2.75, 3.05) is 18.5 Å². The molecule has 33 heavy (non-hydrogen) atoms. The Morgan fingerprint density at radius 1 is 1.12 bits per heavy atom. The molecule has 1 aliphatic heterocycles. The van der Waals surface area contributed by atoms with Crippen LogP contribution in [-0.4, -0.2) is 49.2 Å². The van der Waals surface area contributed by atoms with E-state index in [9.17, 15) is 8.42 Å². The molecule has 2 atom stereocenters. The predicted octanol–water partition coefficient (Wildman–Crippen LogP) is 4.72. The molecule has 1 aliphatic rings. The molecular weight excluding hydrogens is 456 g/mol. The maximum Gasteiger partial charge on any atom is 0.243 e. The van der Waals surface area contributed by atoms with Crippen LogP contribution in [0.2, 0.25) is 0 Å². The van der Waals surface area contributed by atoms with Crippen LogP contribution in [0.15, 0.2) is 76.1 Å². The van der Waals surface area contributed by atoms with Crippen LogP contribution in [0, 0.1) is 0 Å². The molecule has 9 heteroatoms. The summed E-state index contributed by atoms with van der Waals surface area (Å²) in [5.74, 6) is 0. The van der Waals surface area contributed by atoms with Crippen LogP contribution in [0.5, 0.6) is 0 Å². The first kappa shape index (κ1) is 23.3. The van der Waals surface area contributed by atoms with Crippen LogP contribution < -0.4 is 5.43 Å². The highest BCUT2D eigenvalue weighted by molar-refractivity contribution is 7.89. The molecule has 0 saturated carbocycles. The summed E-state index contributed by atoms with van der Waals surface area (Å²) in [4.78, 5) is 4.79. The number of ether oxygens (including phenoxy) is 1. The molecule has 0 spiro atoms. The average molecular weight is 483 g/mol. The van der Waals surface area contributed by atoms with E-state index >= 15 is 0 Å². The second-order valence-electron chi connectivity index (χ2n) is 7.80. The number of aromatic nitrogens is 1. The summed E-state index contributed by atoms with van der Waals surface area (Å²) in [7, 11) is -3.61. The van der Waals surface area contributed by atoms with Gasteiger partial charge in [0.05, 0.1) is 22.8 Å². The van der Waals surface area contributed by atoms with Gasteiger partial charge in [-0.2, -0.15) is 9.41 Å². The summed E-state index contributed by atoms with van der Waals surface area (Å²) >= 11 is 1.40. The number of nitrogens with one attached hydrogen (secondary N) is 1. The monoisotopic (exact) mass is 482 g/mol. The zero-order chi connectivity index (χ0) is 23.3. The molecule has 0 bridgehead atoms. The summed E-state index contributed by atoms with van der Waals surface area (Å²) in [5, 5.41) is 6.67. The van der Waals surface area contributed by atoms with Gasteiger partial charge in [0.25, 0.3) is 0 Å². The summed E-state index contributed by atoms with van der Waals surface area (Å²) in [6.07, 6.45) is 5.19. The Morgan fingerprint density at radius 2 is 1.88 bits per heavy atom. The molecular formula is C24H26N4O3S2. The lowest BCUT2D eigenvalue weighted by Gasteiger charge is -2.34. The van der Waals surface area contributed by atoms with Crippen LogP contribution in [0.3, 0.4) is 0 Å². The minimum atomic E-state index is -3.61. The van der Waals surface area contributed by atoms with Gasteiger partial charge in [-0.25, -0.2) is 13.4 Å². The van der Waals surface area contributed by atoms with E-state index in [-0.39, 0.29) is 17.1 Å². The van der Waals surface area contributed by atoms with E-state index in [2.05, 4.69) is 15.5 Å². The minimum Gasteiger partial charge on any atom is -0.373 e. The van der Waals surface area contributed by atoms with Crippen molar-refractivity contribution in [2.45, 2.75) is 31.0 Å². The fraction of sp³-hybridized carbons (Fsp3) is 0.250. The van der Waals surface area contributed by atoms with Crippen molar-refractivity contribution in [2.24, 2.45) is 5.10 Å². The van der Waals surface area contributed by atoms with E-state index in [0.29, 0.717) is 23.9 Å². The summed E-state index contributed by atoms with van der Waals surface area (Å²) < 4.78 is 33.5. The summed E-state index contributed by atoms with van der Waals surface area (Å²) in [6, 6.07) is 16.9. The molecule has 0 aliphatic carbocycles. The van der Waals surface area contributed by atoms with Gasteiger partial charge in [0.2, 0.25) is 15.2 Å². The quantitative estimate of drug-likeness (QED) is 0.389. The average Bonchev–Trinajstić information content (AvgIpc) is 3.28. The molecule has 1 aromatic heterocycles. The van der Waals surface area contributed by atoms with Gasteiger partial charge in [-0.3, -0.25) is 5.43 Å². The number of rotatable bonds is 7. The highest BCUT2D eigenvalue weighted by Crippen LogP contribution is 2.28. The Morgan fingerprint density at radius 3 is 2.64 bits per heavy atom. The van der Waals surface area contributed by atoms with Crippen molar-refractivity contribution in [1.82, 2.24) is 9.29 Å². The number of sulfonamides is 1. The molecule has 4 rings (SSSR count). The lowest BCUT2D eigenvalue weighted by molar-refractivity contribution is -0.0440. The molecule has 1 saturated heterocycles. The normalized spacial score (nSPS) is 19.9. The molecule has 1 N–H and O–H groups in total. The number of hydrogen-bond acceptors (Lipinski definition) is 7. The van der Waals surface area contributed by atoms with E-state index in [1.165, 1.54) is 15.6 Å². The standard InChI is InChI=1S/C24H26N4O3S2/c1-18-15-28(16-19(2)31-18)33(29,30)22-12-6-11-21(14-22)23-17-32-24(26-23)27-25-13-7-10-20-8-4-3-5-9-20/h3-14,17-19H,15-16H2,1-2H3,(H,26,27)/b10-7+,25-13+. The van der Waals surface area contributed by atoms with Gasteiger partial charge in [0.1, 0.15) is 0 Å². The molecule has 0 amide bonds. The van der Waals surface area contributed by atoms with E-state index in [0.717, 1.165) is 11.1 Å². The third-order valence-electron chi connectivity index (χ3n) is 5.07. The number of hydrazone groups is 1. The lowest BCUT2D eigenvalue weighted by atomic mass is 10.2. The van der Waals surface area contributed by atoms with Crippen LogP contribution in [0.25, 0.3) is 17.3 Å². The number of nitrogens with zero attached hydrogens (tertiary/aromatic N) is 3. The van der Waals surface area contributed by atoms with Gasteiger partial charge in [0, 0.05) is 30.2 Å². The third-order valence-corrected chi connectivity index (χ3v) is 7.64. The molecule has 1 fully saturated rings. The molecule has 2 aromatic carbocycles. The van der Waals surface area contributed by atoms with Gasteiger partial charge in [-0.1, -0.05) is 48.5 Å². The van der Waals surface area contributed by atoms with E-state index < -0.39 is 10.0 Å². The minimum absolute atomic E-state index is 0.137. The van der Waals surface area contributed by atoms with Crippen LogP contribution in [-0.2, 0) is 14.8 Å². The van der Waals surface area contributed by atoms with Crippen LogP contribution in [0.1, 0.15) is 19.4 Å². The summed E-state index contributed by atoms with van der Waals surface area (Å²) in [5.41, 5.74) is 5.44. The van der Waals surface area contributed by atoms with E-state index in [1.54, 1.807) is 24.4 Å². The highest BCUT2D eigenvalue weighted by atomic mass is 32.2. The van der Waals surface area contributed by atoms with Gasteiger partial charge >= 0.3 is 0 Å². The number of benzene rings is 2. The SMILES string of the molecule is CC1CN(S(=O)(=O)c2cccc(-c3csc(N/N=C/C=C/c4ccccc4)n3)c2)CC(C)O1. The second kappa shape index (κ2) is 10.4. The lowest BCUT2D eigenvalue weighted by Crippen LogP contribution is -2.48. The molecule has 3 aromatic rings. The van der Waals surface area contributed by atoms with Gasteiger partial charge in [0.15, 0.2) is 0 Å². The summed E-state index contributed by atoms with van der Waals surface area (Å²) in [6.45, 7) is 4.47. The molecule has 2 unspecified atom stereocenters. The number of anilines is 1. The Bertz CT molecular complexity index is 1230. The van der Waals surface area contributed by atoms with Crippen molar-refractivity contribution in [1.29, 1.82) is 0 Å². The molecule has 0 radical (unpaired) electrons. The molecule has 7 nitrogen and oxygen atoms in total. The largest absolute Gasteiger partial charge is 0.373 e. The van der Waals surface area contributed by atoms with Gasteiger partial charge in [-0.05, 0) is 37.6 Å². The Hall–Kier alpha value is -2.85. The predicted molar refractivity (Wildman–Crippen MR) is 134 cm³/mol. The number of allylic oxidation sites excluding steroid dienone is 1. The van der Waals surface area contributed by atoms with Gasteiger partial charge < -0.3 is 4.74 Å². The van der Waals surface area contributed by atoms with E-state index in [4.69, 9.17) is 4.74 Å². The third kappa shape index (κ3) is 5.94. The smallest absolute Gasteiger partial charge is 0.243 e. The number of hydrogen-bond donors (Lipinski definition) is 1. The van der Waals surface area contributed by atoms with Crippen LogP contribution in [0.4, 0.5) is 5.13 Å². The van der Waals surface area contributed by atoms with Crippen LogP contribution >= 0.6 is 11.3 Å². The first-order valence-corrected chi connectivity index (χ1v) is 13.0. The Balaban J connectivity index is 1.44. The zero-order valence-electron chi connectivity index (χ0n) is 18.5. The topological polar surface area (TPSA) is 83.9 Å².